The first-order valence-electron chi connectivity index (χ1n) is 17.3. The maximum Gasteiger partial charge on any atom is 0.255 e. The Labute approximate surface area is 318 Å². The molecule has 2 aliphatic rings. The second kappa shape index (κ2) is 18.0. The molecule has 0 unspecified atom stereocenters. The summed E-state index contributed by atoms with van der Waals surface area (Å²) in [5.41, 5.74) is 2.51. The van der Waals surface area contributed by atoms with Crippen molar-refractivity contribution in [3.63, 3.8) is 0 Å². The highest BCUT2D eigenvalue weighted by molar-refractivity contribution is 6.05. The summed E-state index contributed by atoms with van der Waals surface area (Å²) in [6, 6.07) is 25.0. The molecule has 2 heterocycles. The molecular weight excluding hydrogens is 736 g/mol. The van der Waals surface area contributed by atoms with E-state index in [0.717, 1.165) is 0 Å². The number of azo groups is 1. The number of aliphatic hydroxyl groups is 8. The van der Waals surface area contributed by atoms with Crippen LogP contribution in [0.15, 0.2) is 107 Å². The van der Waals surface area contributed by atoms with Crippen LogP contribution in [0.3, 0.4) is 0 Å². The third kappa shape index (κ3) is 9.52. The highest BCUT2D eigenvalue weighted by Gasteiger charge is 2.45. The van der Waals surface area contributed by atoms with Gasteiger partial charge in [0.2, 0.25) is 12.6 Å². The van der Waals surface area contributed by atoms with Gasteiger partial charge in [0.1, 0.15) is 60.3 Å². The third-order valence-corrected chi connectivity index (χ3v) is 8.97. The van der Waals surface area contributed by atoms with Crippen molar-refractivity contribution in [2.45, 2.75) is 61.4 Å². The van der Waals surface area contributed by atoms with Gasteiger partial charge in [-0.2, -0.15) is 10.2 Å². The van der Waals surface area contributed by atoms with E-state index < -0.39 is 86.4 Å². The molecule has 10 atom stereocenters. The predicted octanol–water partition coefficient (Wildman–Crippen LogP) is 0.964. The lowest BCUT2D eigenvalue weighted by Gasteiger charge is -2.39. The van der Waals surface area contributed by atoms with E-state index in [1.54, 1.807) is 72.8 Å². The fourth-order valence-corrected chi connectivity index (χ4v) is 5.71. The Balaban J connectivity index is 0.963. The fraction of sp³-hybridized carbons (Fsp3) is 0.316. The molecule has 2 amide bonds. The number of anilines is 2. The lowest BCUT2D eigenvalue weighted by molar-refractivity contribution is -0.277. The molecule has 4 aromatic rings. The van der Waals surface area contributed by atoms with Gasteiger partial charge in [-0.05, 0) is 97.1 Å². The number of nitrogens with one attached hydrogen (secondary N) is 2. The zero-order chi connectivity index (χ0) is 39.9. The van der Waals surface area contributed by atoms with Gasteiger partial charge in [-0.1, -0.05) is 0 Å². The normalized spacial score (nSPS) is 27.7. The first-order chi connectivity index (χ1) is 26.9. The first-order valence-corrected chi connectivity index (χ1v) is 17.3. The van der Waals surface area contributed by atoms with Gasteiger partial charge < -0.3 is 70.4 Å². The molecule has 4 aromatic carbocycles. The van der Waals surface area contributed by atoms with E-state index in [0.29, 0.717) is 33.9 Å². The zero-order valence-electron chi connectivity index (χ0n) is 29.3. The summed E-state index contributed by atoms with van der Waals surface area (Å²) in [6.45, 7) is -1.17. The van der Waals surface area contributed by atoms with Crippen molar-refractivity contribution in [2.75, 3.05) is 23.8 Å². The number of benzene rings is 4. The van der Waals surface area contributed by atoms with E-state index in [1.807, 2.05) is 0 Å². The fourth-order valence-electron chi connectivity index (χ4n) is 5.71. The van der Waals surface area contributed by atoms with Gasteiger partial charge in [0.25, 0.3) is 11.8 Å². The molecule has 18 nitrogen and oxygen atoms in total. The van der Waals surface area contributed by atoms with Crippen LogP contribution in [0.5, 0.6) is 11.5 Å². The van der Waals surface area contributed by atoms with Crippen LogP contribution in [0, 0.1) is 0 Å². The summed E-state index contributed by atoms with van der Waals surface area (Å²) in [5, 5.41) is 92.7. The van der Waals surface area contributed by atoms with Gasteiger partial charge >= 0.3 is 0 Å². The van der Waals surface area contributed by atoms with E-state index in [9.17, 15) is 50.4 Å². The van der Waals surface area contributed by atoms with Gasteiger partial charge in [0.15, 0.2) is 0 Å². The second-order valence-corrected chi connectivity index (χ2v) is 12.9. The van der Waals surface area contributed by atoms with Crippen molar-refractivity contribution in [1.29, 1.82) is 0 Å². The van der Waals surface area contributed by atoms with Crippen LogP contribution in [0.1, 0.15) is 20.7 Å². The summed E-state index contributed by atoms with van der Waals surface area (Å²) >= 11 is 0. The van der Waals surface area contributed by atoms with E-state index in [2.05, 4.69) is 20.9 Å². The molecule has 18 heteroatoms. The van der Waals surface area contributed by atoms with E-state index >= 15 is 0 Å². The molecule has 296 valence electrons. The van der Waals surface area contributed by atoms with E-state index in [4.69, 9.17) is 18.9 Å². The van der Waals surface area contributed by atoms with Crippen LogP contribution < -0.4 is 20.1 Å². The highest BCUT2D eigenvalue weighted by atomic mass is 16.7. The van der Waals surface area contributed by atoms with E-state index in [1.165, 1.54) is 24.3 Å². The Morgan fingerprint density at radius 1 is 0.500 bits per heavy atom. The molecular formula is C38H40N4O14. The number of carbonyl (C=O) groups excluding carboxylic acids is 2. The number of amides is 2. The number of carbonyl (C=O) groups is 2. The van der Waals surface area contributed by atoms with Crippen molar-refractivity contribution in [1.82, 2.24) is 0 Å². The lowest BCUT2D eigenvalue weighted by atomic mass is 9.99. The number of rotatable bonds is 12. The first kappa shape index (κ1) is 40.3. The topological polar surface area (TPSA) is 282 Å². The Kier molecular flexibility index (Phi) is 13.0. The number of hydrogen-bond donors (Lipinski definition) is 10. The van der Waals surface area contributed by atoms with Crippen LogP contribution >= 0.6 is 0 Å². The standard InChI is InChI=1S/C38H40N4O14/c43-17-27-29(45)31(47)33(49)37(55-27)53-25-13-9-21(10-14-25)39-35(51)19-1-5-23(6-2-19)41-42-24-7-3-20(4-8-24)36(52)40-22-11-15-26(16-12-22)54-38-34(50)32(48)30(46)28(18-44)56-38/h1-16,27-34,37-38,43-50H,17-18H2,(H,39,51)(H,40,52)/t27-,28-,29-,30-,31+,32+,33-,34-,37-,38-/m1/s1. The number of hydrogen-bond acceptors (Lipinski definition) is 16. The largest absolute Gasteiger partial charge is 0.462 e. The average Bonchev–Trinajstić information content (AvgIpc) is 3.22. The Morgan fingerprint density at radius 3 is 1.16 bits per heavy atom. The molecule has 0 aliphatic carbocycles. The Bertz CT molecular complexity index is 1800. The van der Waals surface area contributed by atoms with Crippen LogP contribution in [-0.2, 0) is 9.47 Å². The monoisotopic (exact) mass is 776 g/mol. The van der Waals surface area contributed by atoms with Gasteiger partial charge in [-0.25, -0.2) is 0 Å². The molecule has 2 aliphatic heterocycles. The van der Waals surface area contributed by atoms with Gasteiger partial charge in [0.05, 0.1) is 24.6 Å². The lowest BCUT2D eigenvalue weighted by Crippen LogP contribution is -2.60. The number of nitrogens with zero attached hydrogens (tertiary/aromatic N) is 2. The molecule has 0 spiro atoms. The Morgan fingerprint density at radius 2 is 0.839 bits per heavy atom. The SMILES string of the molecule is O=C(Nc1ccc(O[C@@H]2O[C@H](CO)[C@@H](O)[C@H](O)[C@H]2O)cc1)c1ccc(N=Nc2ccc(C(=O)Nc3ccc(O[C@@H]4O[C@H](CO)[C@@H](O)[C@H](O)[C@H]4O)cc3)cc2)cc1. The summed E-state index contributed by atoms with van der Waals surface area (Å²) in [6.07, 6.45) is -14.2. The quantitative estimate of drug-likeness (QED) is 0.0898. The molecule has 6 rings (SSSR count). The molecule has 0 aromatic heterocycles. The molecule has 56 heavy (non-hydrogen) atoms. The van der Waals surface area contributed by atoms with Crippen molar-refractivity contribution in [3.05, 3.63) is 108 Å². The minimum Gasteiger partial charge on any atom is -0.462 e. The van der Waals surface area contributed by atoms with Crippen LogP contribution in [-0.4, -0.2) is 127 Å². The van der Waals surface area contributed by atoms with Crippen molar-refractivity contribution >= 4 is 34.6 Å². The molecule has 0 saturated carbocycles. The van der Waals surface area contributed by atoms with Crippen LogP contribution in [0.25, 0.3) is 0 Å². The van der Waals surface area contributed by atoms with Gasteiger partial charge in [0, 0.05) is 22.5 Å². The van der Waals surface area contributed by atoms with Crippen LogP contribution in [0.2, 0.25) is 0 Å². The summed E-state index contributed by atoms with van der Waals surface area (Å²) in [4.78, 5) is 25.7. The average molecular weight is 777 g/mol. The number of aliphatic hydroxyl groups excluding tert-OH is 8. The third-order valence-electron chi connectivity index (χ3n) is 8.97. The molecule has 2 saturated heterocycles. The highest BCUT2D eigenvalue weighted by Crippen LogP contribution is 2.28. The predicted molar refractivity (Wildman–Crippen MR) is 195 cm³/mol. The minimum atomic E-state index is -1.58. The minimum absolute atomic E-state index is 0.244. The van der Waals surface area contributed by atoms with Gasteiger partial charge in [-0.15, -0.1) is 0 Å². The molecule has 0 radical (unpaired) electrons. The Hall–Kier alpha value is -5.38. The second-order valence-electron chi connectivity index (χ2n) is 12.9. The summed E-state index contributed by atoms with van der Waals surface area (Å²) in [5.74, 6) is -0.313. The maximum atomic E-state index is 12.8. The smallest absolute Gasteiger partial charge is 0.255 e. The summed E-state index contributed by atoms with van der Waals surface area (Å²) in [7, 11) is 0. The maximum absolute atomic E-state index is 12.8. The van der Waals surface area contributed by atoms with E-state index in [-0.39, 0.29) is 11.5 Å². The molecule has 10 N–H and O–H groups in total. The van der Waals surface area contributed by atoms with Crippen molar-refractivity contribution < 1.29 is 69.4 Å². The van der Waals surface area contributed by atoms with Crippen LogP contribution in [0.4, 0.5) is 22.7 Å². The molecule has 0 bridgehead atoms. The number of ether oxygens (including phenoxy) is 4. The summed E-state index contributed by atoms with van der Waals surface area (Å²) < 4.78 is 21.8. The van der Waals surface area contributed by atoms with Crippen molar-refractivity contribution in [2.24, 2.45) is 10.2 Å². The van der Waals surface area contributed by atoms with Gasteiger partial charge in [-0.3, -0.25) is 9.59 Å². The zero-order valence-corrected chi connectivity index (χ0v) is 29.3. The molecule has 2 fully saturated rings. The van der Waals surface area contributed by atoms with Crippen molar-refractivity contribution in [3.8, 4) is 11.5 Å².